The molecule has 2 fully saturated rings. The highest BCUT2D eigenvalue weighted by atomic mass is 16.5. The van der Waals surface area contributed by atoms with E-state index in [9.17, 15) is 9.59 Å². The predicted molar refractivity (Wildman–Crippen MR) is 107 cm³/mol. The normalized spacial score (nSPS) is 21.3. The molecule has 2 heterocycles. The summed E-state index contributed by atoms with van der Waals surface area (Å²) in [5, 5.41) is 2.83. The average molecular weight is 391 g/mol. The van der Waals surface area contributed by atoms with E-state index in [-0.39, 0.29) is 17.9 Å². The monoisotopic (exact) mass is 390 g/mol. The third kappa shape index (κ3) is 5.56. The SMILES string of the molecule is CC(=O)NC(C(=O)N1CCC(c2cnc[nH]2)CC1)C(C)OCC1CCCCC1. The van der Waals surface area contributed by atoms with E-state index in [1.165, 1.54) is 39.0 Å². The highest BCUT2D eigenvalue weighted by molar-refractivity contribution is 5.87. The number of imidazole rings is 1. The number of rotatable bonds is 7. The van der Waals surface area contributed by atoms with Crippen LogP contribution in [-0.2, 0) is 14.3 Å². The minimum atomic E-state index is -0.621. The Morgan fingerprint density at radius 2 is 1.96 bits per heavy atom. The van der Waals surface area contributed by atoms with Crippen LogP contribution < -0.4 is 5.32 Å². The number of hydrogen-bond donors (Lipinski definition) is 2. The van der Waals surface area contributed by atoms with E-state index in [1.54, 1.807) is 6.33 Å². The lowest BCUT2D eigenvalue weighted by atomic mass is 9.90. The van der Waals surface area contributed by atoms with Crippen LogP contribution in [0.1, 0.15) is 70.4 Å². The Morgan fingerprint density at radius 1 is 1.25 bits per heavy atom. The summed E-state index contributed by atoms with van der Waals surface area (Å²) in [6.07, 6.45) is 11.3. The Morgan fingerprint density at radius 3 is 2.57 bits per heavy atom. The van der Waals surface area contributed by atoms with Gasteiger partial charge in [-0.1, -0.05) is 19.3 Å². The topological polar surface area (TPSA) is 87.3 Å². The Hall–Kier alpha value is -1.89. The van der Waals surface area contributed by atoms with Gasteiger partial charge >= 0.3 is 0 Å². The third-order valence-corrected chi connectivity index (χ3v) is 6.18. The molecule has 0 radical (unpaired) electrons. The molecule has 28 heavy (non-hydrogen) atoms. The molecule has 0 bridgehead atoms. The van der Waals surface area contributed by atoms with Gasteiger partial charge in [0.05, 0.1) is 12.4 Å². The number of aromatic amines is 1. The van der Waals surface area contributed by atoms with Gasteiger partial charge in [0.15, 0.2) is 0 Å². The first kappa shape index (κ1) is 20.8. The lowest BCUT2D eigenvalue weighted by molar-refractivity contribution is -0.141. The average Bonchev–Trinajstić information content (AvgIpc) is 3.25. The number of hydrogen-bond acceptors (Lipinski definition) is 4. The maximum atomic E-state index is 13.1. The van der Waals surface area contributed by atoms with Gasteiger partial charge < -0.3 is 19.9 Å². The molecule has 0 aromatic carbocycles. The Bertz CT molecular complexity index is 620. The number of carbonyl (C=O) groups is 2. The van der Waals surface area contributed by atoms with Crippen molar-refractivity contribution in [1.82, 2.24) is 20.2 Å². The molecule has 1 aliphatic heterocycles. The first-order valence-corrected chi connectivity index (χ1v) is 10.7. The summed E-state index contributed by atoms with van der Waals surface area (Å²) in [5.74, 6) is 0.758. The quantitative estimate of drug-likeness (QED) is 0.749. The summed E-state index contributed by atoms with van der Waals surface area (Å²) in [5.41, 5.74) is 1.13. The first-order chi connectivity index (χ1) is 13.5. The lowest BCUT2D eigenvalue weighted by Gasteiger charge is -2.36. The van der Waals surface area contributed by atoms with Crippen molar-refractivity contribution in [2.75, 3.05) is 19.7 Å². The highest BCUT2D eigenvalue weighted by Gasteiger charge is 2.33. The maximum absolute atomic E-state index is 13.1. The van der Waals surface area contributed by atoms with Crippen molar-refractivity contribution < 1.29 is 14.3 Å². The van der Waals surface area contributed by atoms with E-state index in [1.807, 2.05) is 18.0 Å². The fourth-order valence-electron chi connectivity index (χ4n) is 4.43. The third-order valence-electron chi connectivity index (χ3n) is 6.18. The molecule has 1 aromatic rings. The van der Waals surface area contributed by atoms with Crippen LogP contribution >= 0.6 is 0 Å². The molecule has 156 valence electrons. The summed E-state index contributed by atoms with van der Waals surface area (Å²) in [6, 6.07) is -0.621. The molecule has 7 nitrogen and oxygen atoms in total. The van der Waals surface area contributed by atoms with Gasteiger partial charge in [0, 0.05) is 44.4 Å². The van der Waals surface area contributed by atoms with Crippen molar-refractivity contribution in [3.8, 4) is 0 Å². The zero-order chi connectivity index (χ0) is 19.9. The van der Waals surface area contributed by atoms with Gasteiger partial charge in [0.25, 0.3) is 0 Å². The molecular formula is C21H34N4O3. The number of nitrogens with zero attached hydrogens (tertiary/aromatic N) is 2. The predicted octanol–water partition coefficient (Wildman–Crippen LogP) is 2.61. The Balaban J connectivity index is 1.54. The second kappa shape index (κ2) is 10.0. The second-order valence-electron chi connectivity index (χ2n) is 8.33. The largest absolute Gasteiger partial charge is 0.376 e. The van der Waals surface area contributed by atoms with Crippen LogP contribution in [0, 0.1) is 5.92 Å². The van der Waals surface area contributed by atoms with Crippen LogP contribution in [0.4, 0.5) is 0 Å². The summed E-state index contributed by atoms with van der Waals surface area (Å²) >= 11 is 0. The highest BCUT2D eigenvalue weighted by Crippen LogP contribution is 2.27. The molecule has 7 heteroatoms. The van der Waals surface area contributed by atoms with Crippen LogP contribution in [0.2, 0.25) is 0 Å². The molecular weight excluding hydrogens is 356 g/mol. The molecule has 1 saturated carbocycles. The van der Waals surface area contributed by atoms with Crippen LogP contribution in [-0.4, -0.2) is 58.5 Å². The van der Waals surface area contributed by atoms with Crippen LogP contribution in [0.25, 0.3) is 0 Å². The van der Waals surface area contributed by atoms with E-state index in [4.69, 9.17) is 4.74 Å². The van der Waals surface area contributed by atoms with Gasteiger partial charge in [-0.15, -0.1) is 0 Å². The molecule has 2 amide bonds. The molecule has 2 unspecified atom stereocenters. The van der Waals surface area contributed by atoms with Crippen molar-refractivity contribution >= 4 is 11.8 Å². The van der Waals surface area contributed by atoms with Gasteiger partial charge in [-0.05, 0) is 38.5 Å². The van der Waals surface area contributed by atoms with Gasteiger partial charge in [-0.3, -0.25) is 9.59 Å². The number of nitrogens with one attached hydrogen (secondary N) is 2. The molecule has 2 N–H and O–H groups in total. The molecule has 1 aromatic heterocycles. The van der Waals surface area contributed by atoms with E-state index in [0.717, 1.165) is 18.5 Å². The zero-order valence-corrected chi connectivity index (χ0v) is 17.2. The number of amides is 2. The van der Waals surface area contributed by atoms with Crippen LogP contribution in [0.5, 0.6) is 0 Å². The summed E-state index contributed by atoms with van der Waals surface area (Å²) in [6.45, 7) is 5.41. The minimum absolute atomic E-state index is 0.0330. The minimum Gasteiger partial charge on any atom is -0.376 e. The fourth-order valence-corrected chi connectivity index (χ4v) is 4.43. The Kier molecular flexibility index (Phi) is 7.48. The number of ether oxygens (including phenoxy) is 1. The van der Waals surface area contributed by atoms with Gasteiger partial charge in [-0.2, -0.15) is 0 Å². The van der Waals surface area contributed by atoms with Crippen LogP contribution in [0.15, 0.2) is 12.5 Å². The van der Waals surface area contributed by atoms with Crippen molar-refractivity contribution in [2.24, 2.45) is 5.92 Å². The molecule has 1 saturated heterocycles. The van der Waals surface area contributed by atoms with Crippen molar-refractivity contribution in [1.29, 1.82) is 0 Å². The lowest BCUT2D eigenvalue weighted by Crippen LogP contribution is -2.55. The standard InChI is InChI=1S/C21H34N4O3/c1-15(28-13-17-6-4-3-5-7-17)20(24-16(2)26)21(27)25-10-8-18(9-11-25)19-12-22-14-23-19/h12,14-15,17-18,20H,3-11,13H2,1-2H3,(H,22,23)(H,24,26). The number of H-pyrrole nitrogens is 1. The molecule has 1 aliphatic carbocycles. The number of piperidine rings is 1. The first-order valence-electron chi connectivity index (χ1n) is 10.7. The van der Waals surface area contributed by atoms with E-state index in [2.05, 4.69) is 15.3 Å². The number of carbonyl (C=O) groups excluding carboxylic acids is 2. The maximum Gasteiger partial charge on any atom is 0.247 e. The van der Waals surface area contributed by atoms with Gasteiger partial charge in [-0.25, -0.2) is 4.98 Å². The second-order valence-corrected chi connectivity index (χ2v) is 8.33. The molecule has 3 rings (SSSR count). The molecule has 0 spiro atoms. The molecule has 2 aliphatic rings. The van der Waals surface area contributed by atoms with Crippen molar-refractivity contribution in [2.45, 2.75) is 76.9 Å². The van der Waals surface area contributed by atoms with E-state index in [0.29, 0.717) is 31.5 Å². The smallest absolute Gasteiger partial charge is 0.247 e. The van der Waals surface area contributed by atoms with Crippen LogP contribution in [0.3, 0.4) is 0 Å². The molecule has 2 atom stereocenters. The fraction of sp³-hybridized carbons (Fsp3) is 0.762. The van der Waals surface area contributed by atoms with Crippen molar-refractivity contribution in [3.05, 3.63) is 18.2 Å². The summed E-state index contributed by atoms with van der Waals surface area (Å²) in [4.78, 5) is 34.0. The van der Waals surface area contributed by atoms with E-state index >= 15 is 0 Å². The van der Waals surface area contributed by atoms with Gasteiger partial charge in [0.2, 0.25) is 11.8 Å². The van der Waals surface area contributed by atoms with Gasteiger partial charge in [0.1, 0.15) is 6.04 Å². The zero-order valence-electron chi connectivity index (χ0n) is 17.2. The Labute approximate surface area is 167 Å². The van der Waals surface area contributed by atoms with Crippen molar-refractivity contribution in [3.63, 3.8) is 0 Å². The summed E-state index contributed by atoms with van der Waals surface area (Å²) < 4.78 is 6.06. The van der Waals surface area contributed by atoms with E-state index < -0.39 is 6.04 Å². The number of aromatic nitrogens is 2. The summed E-state index contributed by atoms with van der Waals surface area (Å²) in [7, 11) is 0. The number of likely N-dealkylation sites (tertiary alicyclic amines) is 1.